The number of thiocarbonyl (C=S) groups is 1. The molecular weight excluding hydrogens is 220 g/mol. The summed E-state index contributed by atoms with van der Waals surface area (Å²) in [5.74, 6) is 0. The number of ether oxygens (including phenoxy) is 1. The molecule has 1 saturated carbocycles. The van der Waals surface area contributed by atoms with Crippen LogP contribution >= 0.6 is 12.2 Å². The van der Waals surface area contributed by atoms with Gasteiger partial charge in [0.15, 0.2) is 5.11 Å². The largest absolute Gasteiger partial charge is 0.377 e. The number of hydrogen-bond acceptors (Lipinski definition) is 2. The Kier molecular flexibility index (Phi) is 4.41. The predicted octanol–water partition coefficient (Wildman–Crippen LogP) is 1.91. The van der Waals surface area contributed by atoms with Gasteiger partial charge in [-0.25, -0.2) is 0 Å². The third-order valence-electron chi connectivity index (χ3n) is 3.56. The molecule has 2 rings (SSSR count). The number of morpholine rings is 1. The zero-order valence-electron chi connectivity index (χ0n) is 10.1. The molecule has 4 heteroatoms. The van der Waals surface area contributed by atoms with Crippen molar-refractivity contribution in [2.24, 2.45) is 0 Å². The van der Waals surface area contributed by atoms with Crippen molar-refractivity contribution in [2.75, 3.05) is 19.8 Å². The van der Waals surface area contributed by atoms with E-state index in [0.29, 0.717) is 12.1 Å². The molecule has 0 aromatic heterocycles. The molecule has 1 N–H and O–H groups in total. The van der Waals surface area contributed by atoms with Gasteiger partial charge >= 0.3 is 0 Å². The molecule has 92 valence electrons. The molecule has 1 aliphatic heterocycles. The summed E-state index contributed by atoms with van der Waals surface area (Å²) in [6.45, 7) is 4.71. The molecule has 2 aliphatic rings. The molecule has 0 aromatic rings. The van der Waals surface area contributed by atoms with E-state index in [4.69, 9.17) is 17.0 Å². The predicted molar refractivity (Wildman–Crippen MR) is 69.6 cm³/mol. The van der Waals surface area contributed by atoms with Crippen molar-refractivity contribution in [3.05, 3.63) is 0 Å². The fourth-order valence-electron chi connectivity index (χ4n) is 2.53. The van der Waals surface area contributed by atoms with E-state index in [1.165, 1.54) is 32.1 Å². The highest BCUT2D eigenvalue weighted by Gasteiger charge is 2.23. The van der Waals surface area contributed by atoms with Crippen molar-refractivity contribution in [3.8, 4) is 0 Å². The summed E-state index contributed by atoms with van der Waals surface area (Å²) in [4.78, 5) is 2.27. The van der Waals surface area contributed by atoms with Crippen LogP contribution in [0.5, 0.6) is 0 Å². The van der Waals surface area contributed by atoms with Crippen molar-refractivity contribution >= 4 is 17.3 Å². The van der Waals surface area contributed by atoms with Gasteiger partial charge in [0.05, 0.1) is 19.3 Å². The maximum absolute atomic E-state index is 5.49. The Bertz CT molecular complexity index is 241. The fraction of sp³-hybridized carbons (Fsp3) is 0.917. The van der Waals surface area contributed by atoms with E-state index in [1.54, 1.807) is 0 Å². The first-order valence-electron chi connectivity index (χ1n) is 6.42. The van der Waals surface area contributed by atoms with Gasteiger partial charge in [0.2, 0.25) is 0 Å². The van der Waals surface area contributed by atoms with Crippen LogP contribution in [-0.2, 0) is 4.74 Å². The van der Waals surface area contributed by atoms with Crippen molar-refractivity contribution in [1.29, 1.82) is 0 Å². The maximum atomic E-state index is 5.49. The second kappa shape index (κ2) is 5.82. The molecule has 0 radical (unpaired) electrons. The molecule has 1 heterocycles. The van der Waals surface area contributed by atoms with Crippen molar-refractivity contribution in [1.82, 2.24) is 10.2 Å². The average molecular weight is 242 g/mol. The lowest BCUT2D eigenvalue weighted by Crippen LogP contribution is -2.53. The van der Waals surface area contributed by atoms with Crippen molar-refractivity contribution < 1.29 is 4.74 Å². The average Bonchev–Trinajstić information content (AvgIpc) is 2.31. The van der Waals surface area contributed by atoms with E-state index in [1.807, 2.05) is 0 Å². The number of rotatable bonds is 1. The van der Waals surface area contributed by atoms with E-state index >= 15 is 0 Å². The van der Waals surface area contributed by atoms with E-state index in [0.717, 1.165) is 24.9 Å². The minimum Gasteiger partial charge on any atom is -0.377 e. The fourth-order valence-corrected chi connectivity index (χ4v) is 2.97. The minimum absolute atomic E-state index is 0.414. The highest BCUT2D eigenvalue weighted by Crippen LogP contribution is 2.18. The molecule has 0 amide bonds. The van der Waals surface area contributed by atoms with Gasteiger partial charge in [0.25, 0.3) is 0 Å². The Morgan fingerprint density at radius 1 is 1.31 bits per heavy atom. The second-order valence-electron chi connectivity index (χ2n) is 4.90. The van der Waals surface area contributed by atoms with E-state index in [2.05, 4.69) is 17.1 Å². The lowest BCUT2D eigenvalue weighted by Gasteiger charge is -2.37. The third-order valence-corrected chi connectivity index (χ3v) is 3.91. The summed E-state index contributed by atoms with van der Waals surface area (Å²) in [6.07, 6.45) is 6.63. The molecular formula is C12H22N2OS. The van der Waals surface area contributed by atoms with Crippen LogP contribution in [0, 0.1) is 0 Å². The highest BCUT2D eigenvalue weighted by atomic mass is 32.1. The Morgan fingerprint density at radius 2 is 2.06 bits per heavy atom. The summed E-state index contributed by atoms with van der Waals surface area (Å²) in [5.41, 5.74) is 0. The Labute approximate surface area is 104 Å². The molecule has 1 unspecified atom stereocenters. The molecule has 1 saturated heterocycles. The molecule has 0 spiro atoms. The van der Waals surface area contributed by atoms with Crippen LogP contribution in [0.15, 0.2) is 0 Å². The molecule has 1 atom stereocenters. The molecule has 0 bridgehead atoms. The highest BCUT2D eigenvalue weighted by molar-refractivity contribution is 7.80. The molecule has 2 fully saturated rings. The SMILES string of the molecule is CC1COCCN1C(=S)NC1CCCCC1. The van der Waals surface area contributed by atoms with Crippen LogP contribution in [0.1, 0.15) is 39.0 Å². The Hall–Kier alpha value is -0.350. The lowest BCUT2D eigenvalue weighted by atomic mass is 9.96. The number of hydrogen-bond donors (Lipinski definition) is 1. The third kappa shape index (κ3) is 3.08. The first-order chi connectivity index (χ1) is 7.77. The van der Waals surface area contributed by atoms with Crippen LogP contribution in [0.4, 0.5) is 0 Å². The standard InChI is InChI=1S/C12H22N2OS/c1-10-9-15-8-7-14(10)12(16)13-11-5-3-2-4-6-11/h10-11H,2-9H2,1H3,(H,13,16). The monoisotopic (exact) mass is 242 g/mol. The van der Waals surface area contributed by atoms with Crippen LogP contribution < -0.4 is 5.32 Å². The van der Waals surface area contributed by atoms with Gasteiger partial charge in [-0.2, -0.15) is 0 Å². The van der Waals surface area contributed by atoms with Crippen molar-refractivity contribution in [2.45, 2.75) is 51.1 Å². The van der Waals surface area contributed by atoms with Gasteiger partial charge < -0.3 is 15.0 Å². The zero-order valence-corrected chi connectivity index (χ0v) is 10.9. The number of nitrogens with zero attached hydrogens (tertiary/aromatic N) is 1. The topological polar surface area (TPSA) is 24.5 Å². The van der Waals surface area contributed by atoms with Gasteiger partial charge in [-0.05, 0) is 32.0 Å². The summed E-state index contributed by atoms with van der Waals surface area (Å²) < 4.78 is 5.42. The minimum atomic E-state index is 0.414. The smallest absolute Gasteiger partial charge is 0.169 e. The summed E-state index contributed by atoms with van der Waals surface area (Å²) in [7, 11) is 0. The maximum Gasteiger partial charge on any atom is 0.169 e. The van der Waals surface area contributed by atoms with Gasteiger partial charge in [0.1, 0.15) is 0 Å². The summed E-state index contributed by atoms with van der Waals surface area (Å²) in [6, 6.07) is 1.02. The van der Waals surface area contributed by atoms with E-state index < -0.39 is 0 Å². The zero-order chi connectivity index (χ0) is 11.4. The van der Waals surface area contributed by atoms with E-state index in [9.17, 15) is 0 Å². The Morgan fingerprint density at radius 3 is 2.75 bits per heavy atom. The second-order valence-corrected chi connectivity index (χ2v) is 5.29. The summed E-state index contributed by atoms with van der Waals surface area (Å²) in [5, 5.41) is 4.45. The van der Waals surface area contributed by atoms with Gasteiger partial charge in [-0.3, -0.25) is 0 Å². The molecule has 16 heavy (non-hydrogen) atoms. The molecule has 0 aromatic carbocycles. The quantitative estimate of drug-likeness (QED) is 0.710. The van der Waals surface area contributed by atoms with Gasteiger partial charge in [0, 0.05) is 12.6 Å². The van der Waals surface area contributed by atoms with Crippen LogP contribution in [0.3, 0.4) is 0 Å². The Balaban J connectivity index is 1.81. The lowest BCUT2D eigenvalue weighted by molar-refractivity contribution is 0.0324. The van der Waals surface area contributed by atoms with Crippen LogP contribution in [0.2, 0.25) is 0 Å². The first kappa shape index (κ1) is 12.1. The number of nitrogens with one attached hydrogen (secondary N) is 1. The molecule has 1 aliphatic carbocycles. The summed E-state index contributed by atoms with van der Waals surface area (Å²) >= 11 is 5.49. The van der Waals surface area contributed by atoms with Gasteiger partial charge in [-0.15, -0.1) is 0 Å². The van der Waals surface area contributed by atoms with Crippen LogP contribution in [-0.4, -0.2) is 41.9 Å². The first-order valence-corrected chi connectivity index (χ1v) is 6.83. The normalized spacial score (nSPS) is 27.8. The van der Waals surface area contributed by atoms with Crippen molar-refractivity contribution in [3.63, 3.8) is 0 Å². The molecule has 3 nitrogen and oxygen atoms in total. The van der Waals surface area contributed by atoms with E-state index in [-0.39, 0.29) is 0 Å². The van der Waals surface area contributed by atoms with Gasteiger partial charge in [-0.1, -0.05) is 19.3 Å². The van der Waals surface area contributed by atoms with Crippen LogP contribution in [0.25, 0.3) is 0 Å².